The molecule has 1 atom stereocenters. The van der Waals surface area contributed by atoms with Crippen LogP contribution in [0.5, 0.6) is 0 Å². The van der Waals surface area contributed by atoms with Crippen molar-refractivity contribution in [2.75, 3.05) is 18.0 Å². The normalized spacial score (nSPS) is 18.9. The third-order valence-electron chi connectivity index (χ3n) is 3.20. The van der Waals surface area contributed by atoms with Crippen molar-refractivity contribution in [3.05, 3.63) is 34.4 Å². The third-order valence-corrected chi connectivity index (χ3v) is 3.20. The second-order valence-corrected chi connectivity index (χ2v) is 4.54. The maximum Gasteiger partial charge on any atom is 0.269 e. The van der Waals surface area contributed by atoms with Crippen LogP contribution in [0.15, 0.2) is 24.3 Å². The Bertz CT molecular complexity index is 458. The second-order valence-electron chi connectivity index (χ2n) is 4.54. The summed E-state index contributed by atoms with van der Waals surface area (Å²) in [4.78, 5) is 23.1. The lowest BCUT2D eigenvalue weighted by molar-refractivity contribution is -0.384. The highest BCUT2D eigenvalue weighted by atomic mass is 16.6. The van der Waals surface area contributed by atoms with Crippen molar-refractivity contribution in [3.8, 4) is 0 Å². The van der Waals surface area contributed by atoms with Crippen molar-refractivity contribution in [3.63, 3.8) is 0 Å². The number of primary amides is 1. The summed E-state index contributed by atoms with van der Waals surface area (Å²) in [6.07, 6.45) is 1.34. The van der Waals surface area contributed by atoms with Gasteiger partial charge in [-0.2, -0.15) is 0 Å². The largest absolute Gasteiger partial charge is 0.371 e. The number of anilines is 1. The predicted molar refractivity (Wildman–Crippen MR) is 67.2 cm³/mol. The molecule has 0 saturated carbocycles. The highest BCUT2D eigenvalue weighted by Crippen LogP contribution is 2.26. The molecule has 18 heavy (non-hydrogen) atoms. The number of rotatable bonds is 4. The van der Waals surface area contributed by atoms with Gasteiger partial charge in [-0.3, -0.25) is 14.9 Å². The smallest absolute Gasteiger partial charge is 0.269 e. The van der Waals surface area contributed by atoms with E-state index in [1.807, 2.05) is 0 Å². The SMILES string of the molecule is NC(=O)CC1CCN(c2ccc([N+](=O)[O-])cc2)C1. The average molecular weight is 249 g/mol. The van der Waals surface area contributed by atoms with Crippen molar-refractivity contribution in [1.82, 2.24) is 0 Å². The summed E-state index contributed by atoms with van der Waals surface area (Å²) >= 11 is 0. The molecule has 6 nitrogen and oxygen atoms in total. The third kappa shape index (κ3) is 2.77. The number of carbonyl (C=O) groups excluding carboxylic acids is 1. The fraction of sp³-hybridized carbons (Fsp3) is 0.417. The number of nitro groups is 1. The van der Waals surface area contributed by atoms with E-state index in [-0.39, 0.29) is 17.5 Å². The molecule has 1 aromatic rings. The average Bonchev–Trinajstić information content (AvgIpc) is 2.76. The number of benzene rings is 1. The van der Waals surface area contributed by atoms with E-state index >= 15 is 0 Å². The van der Waals surface area contributed by atoms with Crippen LogP contribution in [-0.4, -0.2) is 23.9 Å². The Balaban J connectivity index is 2.01. The fourth-order valence-electron chi connectivity index (χ4n) is 2.30. The van der Waals surface area contributed by atoms with Crippen LogP contribution in [0, 0.1) is 16.0 Å². The topological polar surface area (TPSA) is 89.5 Å². The molecule has 1 fully saturated rings. The van der Waals surface area contributed by atoms with Gasteiger partial charge in [-0.1, -0.05) is 0 Å². The van der Waals surface area contributed by atoms with E-state index in [4.69, 9.17) is 5.73 Å². The van der Waals surface area contributed by atoms with Gasteiger partial charge >= 0.3 is 0 Å². The summed E-state index contributed by atoms with van der Waals surface area (Å²) in [5, 5.41) is 10.5. The van der Waals surface area contributed by atoms with Crippen LogP contribution < -0.4 is 10.6 Å². The first kappa shape index (κ1) is 12.3. The molecule has 1 aliphatic heterocycles. The van der Waals surface area contributed by atoms with Crippen molar-refractivity contribution in [2.45, 2.75) is 12.8 Å². The van der Waals surface area contributed by atoms with Gasteiger partial charge in [0.25, 0.3) is 5.69 Å². The number of non-ortho nitro benzene ring substituents is 1. The Morgan fingerprint density at radius 1 is 1.44 bits per heavy atom. The lowest BCUT2D eigenvalue weighted by Gasteiger charge is -2.18. The van der Waals surface area contributed by atoms with Gasteiger partial charge in [-0.25, -0.2) is 0 Å². The van der Waals surface area contributed by atoms with E-state index in [1.54, 1.807) is 12.1 Å². The first-order chi connectivity index (χ1) is 8.56. The molecule has 1 saturated heterocycles. The van der Waals surface area contributed by atoms with Crippen molar-refractivity contribution < 1.29 is 9.72 Å². The van der Waals surface area contributed by atoms with Gasteiger partial charge in [0, 0.05) is 37.3 Å². The number of nitrogens with zero attached hydrogens (tertiary/aromatic N) is 2. The summed E-state index contributed by atoms with van der Waals surface area (Å²) in [5.74, 6) is 0.0169. The Labute approximate surface area is 105 Å². The molecule has 1 unspecified atom stereocenters. The van der Waals surface area contributed by atoms with Crippen LogP contribution in [0.3, 0.4) is 0 Å². The van der Waals surface area contributed by atoms with Gasteiger partial charge in [0.15, 0.2) is 0 Å². The van der Waals surface area contributed by atoms with Crippen LogP contribution in [0.1, 0.15) is 12.8 Å². The first-order valence-electron chi connectivity index (χ1n) is 5.84. The highest BCUT2D eigenvalue weighted by Gasteiger charge is 2.24. The molecule has 0 spiro atoms. The molecule has 1 aromatic carbocycles. The molecular formula is C12H15N3O3. The second kappa shape index (κ2) is 5.03. The number of nitro benzene ring substituents is 1. The number of amides is 1. The maximum atomic E-state index is 10.8. The Morgan fingerprint density at radius 2 is 2.11 bits per heavy atom. The molecule has 0 aliphatic carbocycles. The van der Waals surface area contributed by atoms with Crippen molar-refractivity contribution in [1.29, 1.82) is 0 Å². The molecule has 1 aliphatic rings. The molecule has 1 amide bonds. The number of carbonyl (C=O) groups is 1. The summed E-state index contributed by atoms with van der Waals surface area (Å²) < 4.78 is 0. The minimum absolute atomic E-state index is 0.0895. The minimum Gasteiger partial charge on any atom is -0.371 e. The van der Waals surface area contributed by atoms with Crippen LogP contribution in [-0.2, 0) is 4.79 Å². The summed E-state index contributed by atoms with van der Waals surface area (Å²) in [6.45, 7) is 1.64. The maximum absolute atomic E-state index is 10.8. The van der Waals surface area contributed by atoms with Crippen LogP contribution in [0.25, 0.3) is 0 Å². The van der Waals surface area contributed by atoms with Gasteiger partial charge in [0.05, 0.1) is 4.92 Å². The van der Waals surface area contributed by atoms with Gasteiger partial charge < -0.3 is 10.6 Å². The zero-order valence-corrected chi connectivity index (χ0v) is 9.91. The van der Waals surface area contributed by atoms with Gasteiger partial charge in [-0.15, -0.1) is 0 Å². The molecule has 0 aromatic heterocycles. The van der Waals surface area contributed by atoms with Gasteiger partial charge in [0.2, 0.25) is 5.91 Å². The Kier molecular flexibility index (Phi) is 3.45. The molecule has 0 bridgehead atoms. The number of hydrogen-bond acceptors (Lipinski definition) is 4. The van der Waals surface area contributed by atoms with Crippen LogP contribution >= 0.6 is 0 Å². The molecule has 2 N–H and O–H groups in total. The molecular weight excluding hydrogens is 234 g/mol. The zero-order valence-electron chi connectivity index (χ0n) is 9.91. The molecule has 0 radical (unpaired) electrons. The van der Waals surface area contributed by atoms with E-state index in [0.717, 1.165) is 25.2 Å². The van der Waals surface area contributed by atoms with Gasteiger partial charge in [-0.05, 0) is 24.5 Å². The fourth-order valence-corrected chi connectivity index (χ4v) is 2.30. The standard InChI is InChI=1S/C12H15N3O3/c13-12(16)7-9-5-6-14(8-9)10-1-3-11(4-2-10)15(17)18/h1-4,9H,5-8H2,(H2,13,16). The quantitative estimate of drug-likeness (QED) is 0.643. The first-order valence-corrected chi connectivity index (χ1v) is 5.84. The minimum atomic E-state index is -0.413. The van der Waals surface area contributed by atoms with Crippen molar-refractivity contribution in [2.24, 2.45) is 11.7 Å². The number of hydrogen-bond donors (Lipinski definition) is 1. The van der Waals surface area contributed by atoms with E-state index in [1.165, 1.54) is 12.1 Å². The number of nitrogens with two attached hydrogens (primary N) is 1. The van der Waals surface area contributed by atoms with E-state index in [2.05, 4.69) is 4.90 Å². The zero-order chi connectivity index (χ0) is 13.1. The molecule has 2 rings (SSSR count). The summed E-state index contributed by atoms with van der Waals surface area (Å²) in [5.41, 5.74) is 6.22. The predicted octanol–water partition coefficient (Wildman–Crippen LogP) is 1.30. The lowest BCUT2D eigenvalue weighted by atomic mass is 10.1. The molecule has 96 valence electrons. The molecule has 6 heteroatoms. The van der Waals surface area contributed by atoms with Crippen LogP contribution in [0.4, 0.5) is 11.4 Å². The summed E-state index contributed by atoms with van der Waals surface area (Å²) in [6, 6.07) is 6.48. The molecule has 1 heterocycles. The monoisotopic (exact) mass is 249 g/mol. The van der Waals surface area contributed by atoms with E-state index < -0.39 is 4.92 Å². The Hall–Kier alpha value is -2.11. The van der Waals surface area contributed by atoms with Crippen LogP contribution in [0.2, 0.25) is 0 Å². The van der Waals surface area contributed by atoms with Crippen molar-refractivity contribution >= 4 is 17.3 Å². The van der Waals surface area contributed by atoms with E-state index in [0.29, 0.717) is 6.42 Å². The summed E-state index contributed by atoms with van der Waals surface area (Å²) in [7, 11) is 0. The van der Waals surface area contributed by atoms with Gasteiger partial charge in [0.1, 0.15) is 0 Å². The highest BCUT2D eigenvalue weighted by molar-refractivity contribution is 5.74. The Morgan fingerprint density at radius 3 is 2.67 bits per heavy atom. The lowest BCUT2D eigenvalue weighted by Crippen LogP contribution is -2.22. The van der Waals surface area contributed by atoms with E-state index in [9.17, 15) is 14.9 Å².